The number of benzene rings is 2. The maximum atomic E-state index is 6.40. The molecule has 116 valence electrons. The van der Waals surface area contributed by atoms with Gasteiger partial charge in [0, 0.05) is 0 Å². The van der Waals surface area contributed by atoms with Crippen LogP contribution in [-0.4, -0.2) is 12.2 Å². The van der Waals surface area contributed by atoms with Crippen LogP contribution in [0.4, 0.5) is 0 Å². The molecule has 2 aromatic rings. The van der Waals surface area contributed by atoms with Gasteiger partial charge >= 0.3 is 0 Å². The van der Waals surface area contributed by atoms with Gasteiger partial charge in [-0.05, 0) is 30.4 Å². The zero-order chi connectivity index (χ0) is 15.3. The van der Waals surface area contributed by atoms with Gasteiger partial charge in [0.2, 0.25) is 0 Å². The van der Waals surface area contributed by atoms with Crippen LogP contribution in [0.5, 0.6) is 0 Å². The Hall–Kier alpha value is -1.64. The third kappa shape index (κ3) is 3.57. The smallest absolute Gasteiger partial charge is 0.0921 e. The maximum Gasteiger partial charge on any atom is 0.0921 e. The van der Waals surface area contributed by atoms with Crippen LogP contribution in [0, 0.1) is 0 Å². The predicted molar refractivity (Wildman–Crippen MR) is 88.6 cm³/mol. The van der Waals surface area contributed by atoms with Crippen LogP contribution < -0.4 is 0 Å². The third-order valence-electron chi connectivity index (χ3n) is 4.55. The molecule has 0 aliphatic carbocycles. The van der Waals surface area contributed by atoms with Gasteiger partial charge in [-0.3, -0.25) is 0 Å². The fraction of sp³-hybridized carbons (Fsp3) is 0.400. The largest absolute Gasteiger partial charge is 0.374 e. The molecule has 0 aromatic heterocycles. The molecule has 1 aliphatic heterocycles. The molecular weight excluding hydrogens is 272 g/mol. The first-order chi connectivity index (χ1) is 10.8. The molecule has 2 aromatic carbocycles. The van der Waals surface area contributed by atoms with Gasteiger partial charge in [-0.15, -0.1) is 0 Å². The minimum absolute atomic E-state index is 0.130. The van der Waals surface area contributed by atoms with Crippen molar-refractivity contribution >= 4 is 0 Å². The van der Waals surface area contributed by atoms with Gasteiger partial charge in [0.1, 0.15) is 0 Å². The average molecular weight is 296 g/mol. The molecule has 3 rings (SSSR count). The van der Waals surface area contributed by atoms with Gasteiger partial charge in [0.15, 0.2) is 0 Å². The number of hydrogen-bond acceptors (Lipinski definition) is 2. The highest BCUT2D eigenvalue weighted by molar-refractivity contribution is 5.19. The first-order valence-electron chi connectivity index (χ1n) is 8.16. The molecule has 2 nitrogen and oxygen atoms in total. The topological polar surface area (TPSA) is 18.5 Å². The Morgan fingerprint density at radius 3 is 2.41 bits per heavy atom. The number of hydrogen-bond donors (Lipinski definition) is 0. The summed E-state index contributed by atoms with van der Waals surface area (Å²) in [5.41, 5.74) is 2.36. The van der Waals surface area contributed by atoms with Crippen molar-refractivity contribution in [2.75, 3.05) is 6.61 Å². The average Bonchev–Trinajstić information content (AvgIpc) is 3.02. The van der Waals surface area contributed by atoms with Gasteiger partial charge in [0.25, 0.3) is 0 Å². The van der Waals surface area contributed by atoms with Crippen LogP contribution in [-0.2, 0) is 16.1 Å². The van der Waals surface area contributed by atoms with Crippen molar-refractivity contribution in [3.63, 3.8) is 0 Å². The molecule has 0 saturated carbocycles. The van der Waals surface area contributed by atoms with Crippen LogP contribution in [0.3, 0.4) is 0 Å². The molecule has 0 amide bonds. The number of ether oxygens (including phenoxy) is 2. The lowest BCUT2D eigenvalue weighted by atomic mass is 9.97. The summed E-state index contributed by atoms with van der Waals surface area (Å²) in [5.74, 6) is 0. The van der Waals surface area contributed by atoms with E-state index in [0.29, 0.717) is 13.2 Å². The SMILES string of the molecule is CCC1(COCc2ccccc2)CCC(c2ccccc2)O1. The fourth-order valence-corrected chi connectivity index (χ4v) is 3.11. The van der Waals surface area contributed by atoms with Gasteiger partial charge in [-0.25, -0.2) is 0 Å². The molecule has 2 atom stereocenters. The highest BCUT2D eigenvalue weighted by Gasteiger charge is 2.39. The van der Waals surface area contributed by atoms with Crippen LogP contribution in [0.25, 0.3) is 0 Å². The van der Waals surface area contributed by atoms with Crippen LogP contribution in [0.1, 0.15) is 43.4 Å². The summed E-state index contributed by atoms with van der Waals surface area (Å²) >= 11 is 0. The fourth-order valence-electron chi connectivity index (χ4n) is 3.11. The molecule has 1 aliphatic rings. The van der Waals surface area contributed by atoms with E-state index in [9.17, 15) is 0 Å². The molecule has 0 radical (unpaired) electrons. The summed E-state index contributed by atoms with van der Waals surface area (Å²) in [7, 11) is 0. The lowest BCUT2D eigenvalue weighted by molar-refractivity contribution is -0.0979. The third-order valence-corrected chi connectivity index (χ3v) is 4.55. The zero-order valence-electron chi connectivity index (χ0n) is 13.2. The van der Waals surface area contributed by atoms with Crippen LogP contribution in [0.15, 0.2) is 60.7 Å². The Morgan fingerprint density at radius 2 is 1.73 bits per heavy atom. The summed E-state index contributed by atoms with van der Waals surface area (Å²) in [6.45, 7) is 3.52. The Morgan fingerprint density at radius 1 is 1.05 bits per heavy atom. The highest BCUT2D eigenvalue weighted by Crippen LogP contribution is 2.41. The molecule has 0 spiro atoms. The van der Waals surface area contributed by atoms with E-state index in [-0.39, 0.29) is 11.7 Å². The quantitative estimate of drug-likeness (QED) is 0.754. The lowest BCUT2D eigenvalue weighted by Gasteiger charge is -2.28. The minimum atomic E-state index is -0.130. The Bertz CT molecular complexity index is 567. The second kappa shape index (κ2) is 7.08. The van der Waals surface area contributed by atoms with E-state index < -0.39 is 0 Å². The Labute approximate surface area is 133 Å². The molecule has 1 saturated heterocycles. The molecule has 2 unspecified atom stereocenters. The van der Waals surface area contributed by atoms with E-state index in [1.165, 1.54) is 11.1 Å². The molecule has 1 fully saturated rings. The molecule has 22 heavy (non-hydrogen) atoms. The van der Waals surface area contributed by atoms with Crippen molar-refractivity contribution in [2.45, 2.75) is 44.5 Å². The molecular formula is C20H24O2. The summed E-state index contributed by atoms with van der Waals surface area (Å²) in [6.07, 6.45) is 3.34. The van der Waals surface area contributed by atoms with Crippen molar-refractivity contribution < 1.29 is 9.47 Å². The summed E-state index contributed by atoms with van der Waals surface area (Å²) in [6, 6.07) is 20.8. The van der Waals surface area contributed by atoms with Gasteiger partial charge in [0.05, 0.1) is 24.9 Å². The molecule has 1 heterocycles. The summed E-state index contributed by atoms with van der Waals surface area (Å²) in [4.78, 5) is 0. The van der Waals surface area contributed by atoms with E-state index in [1.54, 1.807) is 0 Å². The first kappa shape index (κ1) is 15.3. The van der Waals surface area contributed by atoms with E-state index in [4.69, 9.17) is 9.47 Å². The molecule has 0 bridgehead atoms. The Balaban J connectivity index is 1.57. The summed E-state index contributed by atoms with van der Waals surface area (Å²) < 4.78 is 12.4. The zero-order valence-corrected chi connectivity index (χ0v) is 13.2. The molecule has 0 N–H and O–H groups in total. The predicted octanol–water partition coefficient (Wildman–Crippen LogP) is 4.90. The van der Waals surface area contributed by atoms with Gasteiger partial charge < -0.3 is 9.47 Å². The van der Waals surface area contributed by atoms with Crippen molar-refractivity contribution in [2.24, 2.45) is 0 Å². The van der Waals surface area contributed by atoms with Crippen LogP contribution in [0.2, 0.25) is 0 Å². The second-order valence-electron chi connectivity index (χ2n) is 6.07. The first-order valence-corrected chi connectivity index (χ1v) is 8.16. The lowest BCUT2D eigenvalue weighted by Crippen LogP contribution is -2.33. The summed E-state index contributed by atoms with van der Waals surface area (Å²) in [5, 5.41) is 0. The minimum Gasteiger partial charge on any atom is -0.374 e. The Kier molecular flexibility index (Phi) is 4.91. The van der Waals surface area contributed by atoms with E-state index >= 15 is 0 Å². The molecule has 2 heteroatoms. The van der Waals surface area contributed by atoms with E-state index in [2.05, 4.69) is 49.4 Å². The van der Waals surface area contributed by atoms with Crippen molar-refractivity contribution in [1.82, 2.24) is 0 Å². The van der Waals surface area contributed by atoms with E-state index in [1.807, 2.05) is 18.2 Å². The van der Waals surface area contributed by atoms with Crippen molar-refractivity contribution in [3.05, 3.63) is 71.8 Å². The van der Waals surface area contributed by atoms with Crippen molar-refractivity contribution in [3.8, 4) is 0 Å². The second-order valence-corrected chi connectivity index (χ2v) is 6.07. The standard InChI is InChI=1S/C20H24O2/c1-2-20(16-21-15-17-9-5-3-6-10-17)14-13-19(22-20)18-11-7-4-8-12-18/h3-12,19H,2,13-16H2,1H3. The van der Waals surface area contributed by atoms with E-state index in [0.717, 1.165) is 19.3 Å². The monoisotopic (exact) mass is 296 g/mol. The maximum absolute atomic E-state index is 6.40. The number of rotatable bonds is 6. The van der Waals surface area contributed by atoms with Crippen LogP contribution >= 0.6 is 0 Å². The van der Waals surface area contributed by atoms with Gasteiger partial charge in [-0.2, -0.15) is 0 Å². The van der Waals surface area contributed by atoms with Crippen molar-refractivity contribution in [1.29, 1.82) is 0 Å². The highest BCUT2D eigenvalue weighted by atomic mass is 16.6. The van der Waals surface area contributed by atoms with Gasteiger partial charge in [-0.1, -0.05) is 67.6 Å². The normalized spacial score (nSPS) is 24.5.